The predicted octanol–water partition coefficient (Wildman–Crippen LogP) is 1.16. The van der Waals surface area contributed by atoms with Crippen molar-refractivity contribution >= 4 is 27.7 Å². The molecule has 0 aromatic heterocycles. The Morgan fingerprint density at radius 3 is 2.50 bits per heavy atom. The average Bonchev–Trinajstić information content (AvgIpc) is 2.26. The molecule has 4 nitrogen and oxygen atoms in total. The van der Waals surface area contributed by atoms with Crippen molar-refractivity contribution in [1.82, 2.24) is 10.6 Å². The molecule has 0 aliphatic carbocycles. The Morgan fingerprint density at radius 1 is 1.31 bits per heavy atom. The van der Waals surface area contributed by atoms with Crippen molar-refractivity contribution in [1.29, 1.82) is 0 Å². The first kappa shape index (κ1) is 12.7. The van der Waals surface area contributed by atoms with Crippen LogP contribution in [0.15, 0.2) is 30.3 Å². The highest BCUT2D eigenvalue weighted by Crippen LogP contribution is 1.99. The van der Waals surface area contributed by atoms with Gasteiger partial charge in [0.25, 0.3) is 5.91 Å². The molecule has 1 atom stereocenters. The minimum Gasteiger partial charge on any atom is -0.349 e. The topological polar surface area (TPSA) is 58.2 Å². The van der Waals surface area contributed by atoms with Crippen molar-refractivity contribution in [3.8, 4) is 0 Å². The Balaban J connectivity index is 2.38. The van der Waals surface area contributed by atoms with Crippen LogP contribution in [0.5, 0.6) is 0 Å². The van der Waals surface area contributed by atoms with E-state index in [0.717, 1.165) is 5.56 Å². The number of rotatable bonds is 4. The van der Waals surface area contributed by atoms with E-state index in [4.69, 9.17) is 0 Å². The summed E-state index contributed by atoms with van der Waals surface area (Å²) < 4.78 is 0. The number of benzene rings is 1. The summed E-state index contributed by atoms with van der Waals surface area (Å²) in [6, 6.07) is 9.56. The van der Waals surface area contributed by atoms with Crippen LogP contribution in [0.25, 0.3) is 0 Å². The molecule has 0 radical (unpaired) electrons. The van der Waals surface area contributed by atoms with E-state index in [1.54, 1.807) is 0 Å². The summed E-state index contributed by atoms with van der Waals surface area (Å²) in [4.78, 5) is 21.5. The number of alkyl halides is 1. The van der Waals surface area contributed by atoms with Crippen molar-refractivity contribution in [3.63, 3.8) is 0 Å². The van der Waals surface area contributed by atoms with E-state index in [1.165, 1.54) is 6.92 Å². The Labute approximate surface area is 103 Å². The molecule has 1 aromatic carbocycles. The molecular weight excluding hydrogens is 272 g/mol. The number of carbonyl (C=O) groups excluding carboxylic acids is 2. The first-order valence-electron chi connectivity index (χ1n) is 4.82. The summed E-state index contributed by atoms with van der Waals surface area (Å²) in [6.07, 6.45) is 0. The van der Waals surface area contributed by atoms with E-state index >= 15 is 0 Å². The van der Waals surface area contributed by atoms with Crippen molar-refractivity contribution in [2.45, 2.75) is 18.4 Å². The maximum absolute atomic E-state index is 11.5. The van der Waals surface area contributed by atoms with Gasteiger partial charge in [-0.15, -0.1) is 0 Å². The van der Waals surface area contributed by atoms with Gasteiger partial charge in [-0.05, 0) is 5.56 Å². The van der Waals surface area contributed by atoms with Gasteiger partial charge >= 0.3 is 0 Å². The van der Waals surface area contributed by atoms with Gasteiger partial charge in [-0.25, -0.2) is 0 Å². The largest absolute Gasteiger partial charge is 0.349 e. The van der Waals surface area contributed by atoms with Crippen molar-refractivity contribution in [2.75, 3.05) is 0 Å². The van der Waals surface area contributed by atoms with E-state index in [0.29, 0.717) is 6.54 Å². The third-order valence-corrected chi connectivity index (χ3v) is 2.51. The number of hydrogen-bond acceptors (Lipinski definition) is 2. The van der Waals surface area contributed by atoms with E-state index in [9.17, 15) is 9.59 Å². The summed E-state index contributed by atoms with van der Waals surface area (Å²) in [5.74, 6) is -0.518. The molecule has 16 heavy (non-hydrogen) atoms. The van der Waals surface area contributed by atoms with Crippen LogP contribution in [-0.4, -0.2) is 16.8 Å². The third kappa shape index (κ3) is 4.44. The van der Waals surface area contributed by atoms with Gasteiger partial charge in [0.05, 0.1) is 0 Å². The zero-order valence-electron chi connectivity index (χ0n) is 8.87. The minimum absolute atomic E-state index is 0.253. The van der Waals surface area contributed by atoms with Crippen LogP contribution in [0.3, 0.4) is 0 Å². The lowest BCUT2D eigenvalue weighted by molar-refractivity contribution is -0.125. The van der Waals surface area contributed by atoms with Crippen molar-refractivity contribution < 1.29 is 9.59 Å². The van der Waals surface area contributed by atoms with Crippen LogP contribution in [0, 0.1) is 0 Å². The molecular formula is C11H13BrN2O2. The van der Waals surface area contributed by atoms with Gasteiger partial charge in [-0.3, -0.25) is 9.59 Å². The molecule has 0 saturated carbocycles. The second kappa shape index (κ2) is 6.27. The van der Waals surface area contributed by atoms with E-state index in [2.05, 4.69) is 26.6 Å². The first-order chi connectivity index (χ1) is 7.59. The van der Waals surface area contributed by atoms with Gasteiger partial charge in [-0.1, -0.05) is 46.3 Å². The molecule has 0 aliphatic rings. The zero-order chi connectivity index (χ0) is 12.0. The smallest absolute Gasteiger partial charge is 0.253 e. The van der Waals surface area contributed by atoms with Crippen LogP contribution in [0.4, 0.5) is 0 Å². The van der Waals surface area contributed by atoms with Crippen LogP contribution < -0.4 is 10.6 Å². The monoisotopic (exact) mass is 284 g/mol. The molecule has 0 fully saturated rings. The lowest BCUT2D eigenvalue weighted by Crippen LogP contribution is -2.41. The van der Waals surface area contributed by atoms with Crippen LogP contribution in [-0.2, 0) is 16.1 Å². The molecule has 1 aromatic rings. The van der Waals surface area contributed by atoms with Crippen molar-refractivity contribution in [2.24, 2.45) is 0 Å². The van der Waals surface area contributed by atoms with Gasteiger partial charge < -0.3 is 10.6 Å². The first-order valence-corrected chi connectivity index (χ1v) is 5.74. The molecule has 0 unspecified atom stereocenters. The van der Waals surface area contributed by atoms with Gasteiger partial charge in [0.2, 0.25) is 5.91 Å². The SMILES string of the molecule is CC(=O)N[C@H](Br)C(=O)NCc1ccccc1. The lowest BCUT2D eigenvalue weighted by Gasteiger charge is -2.11. The highest BCUT2D eigenvalue weighted by Gasteiger charge is 2.14. The summed E-state index contributed by atoms with van der Waals surface area (Å²) >= 11 is 3.07. The molecule has 2 amide bonds. The summed E-state index contributed by atoms with van der Waals surface area (Å²) in [5, 5.41) is 5.15. The molecule has 0 spiro atoms. The fraction of sp³-hybridized carbons (Fsp3) is 0.273. The van der Waals surface area contributed by atoms with Gasteiger partial charge in [0, 0.05) is 13.5 Å². The van der Waals surface area contributed by atoms with E-state index < -0.39 is 4.95 Å². The fourth-order valence-corrected chi connectivity index (χ4v) is 1.60. The summed E-state index contributed by atoms with van der Waals surface area (Å²) in [5.41, 5.74) is 1.01. The summed E-state index contributed by atoms with van der Waals surface area (Å²) in [6.45, 7) is 1.81. The zero-order valence-corrected chi connectivity index (χ0v) is 10.5. The Hall–Kier alpha value is -1.36. The molecule has 0 bridgehead atoms. The standard InChI is InChI=1S/C11H13BrN2O2/c1-8(15)14-10(12)11(16)13-7-9-5-3-2-4-6-9/h2-6,10H,7H2,1H3,(H,13,16)(H,14,15)/t10-/m0/s1. The third-order valence-electron chi connectivity index (χ3n) is 1.87. The molecule has 0 heterocycles. The number of carbonyl (C=O) groups is 2. The summed E-state index contributed by atoms with van der Waals surface area (Å²) in [7, 11) is 0. The Morgan fingerprint density at radius 2 is 1.94 bits per heavy atom. The fourth-order valence-electron chi connectivity index (χ4n) is 1.12. The Kier molecular flexibility index (Phi) is 4.98. The van der Waals surface area contributed by atoms with Crippen molar-refractivity contribution in [3.05, 3.63) is 35.9 Å². The Bertz CT molecular complexity index is 368. The number of amides is 2. The molecule has 1 rings (SSSR count). The average molecular weight is 285 g/mol. The van der Waals surface area contributed by atoms with Crippen LogP contribution in [0.1, 0.15) is 12.5 Å². The maximum Gasteiger partial charge on any atom is 0.253 e. The predicted molar refractivity (Wildman–Crippen MR) is 64.8 cm³/mol. The quantitative estimate of drug-likeness (QED) is 0.644. The number of hydrogen-bond donors (Lipinski definition) is 2. The second-order valence-corrected chi connectivity index (χ2v) is 4.18. The normalized spacial score (nSPS) is 11.6. The molecule has 0 saturated heterocycles. The van der Waals surface area contributed by atoms with Crippen LogP contribution in [0.2, 0.25) is 0 Å². The molecule has 2 N–H and O–H groups in total. The molecule has 0 aliphatic heterocycles. The van der Waals surface area contributed by atoms with Gasteiger partial charge in [-0.2, -0.15) is 0 Å². The highest BCUT2D eigenvalue weighted by atomic mass is 79.9. The minimum atomic E-state index is -0.686. The maximum atomic E-state index is 11.5. The van der Waals surface area contributed by atoms with Gasteiger partial charge in [0.1, 0.15) is 0 Å². The highest BCUT2D eigenvalue weighted by molar-refractivity contribution is 9.10. The molecule has 86 valence electrons. The van der Waals surface area contributed by atoms with E-state index in [1.807, 2.05) is 30.3 Å². The number of halogens is 1. The van der Waals surface area contributed by atoms with Gasteiger partial charge in [0.15, 0.2) is 4.95 Å². The molecule has 5 heteroatoms. The lowest BCUT2D eigenvalue weighted by atomic mass is 10.2. The van der Waals surface area contributed by atoms with E-state index in [-0.39, 0.29) is 11.8 Å². The van der Waals surface area contributed by atoms with Crippen LogP contribution >= 0.6 is 15.9 Å². The second-order valence-electron chi connectivity index (χ2n) is 3.27. The number of nitrogens with one attached hydrogen (secondary N) is 2.